The zero-order valence-corrected chi connectivity index (χ0v) is 12.1. The summed E-state index contributed by atoms with van der Waals surface area (Å²) in [6.45, 7) is 2.13. The van der Waals surface area contributed by atoms with Crippen LogP contribution in [0.25, 0.3) is 0 Å². The van der Waals surface area contributed by atoms with Gasteiger partial charge in [0.2, 0.25) is 0 Å². The molecular weight excluding hydrogens is 258 g/mol. The number of halogens is 1. The van der Waals surface area contributed by atoms with Crippen molar-refractivity contribution in [1.82, 2.24) is 5.32 Å². The lowest BCUT2D eigenvalue weighted by Crippen LogP contribution is -2.34. The molecule has 19 heavy (non-hydrogen) atoms. The Bertz CT molecular complexity index is 423. The average molecular weight is 280 g/mol. The molecule has 1 saturated carbocycles. The highest BCUT2D eigenvalue weighted by Crippen LogP contribution is 2.39. The maximum Gasteiger partial charge on any atom is 0.120 e. The molecule has 0 unspecified atom stereocenters. The van der Waals surface area contributed by atoms with Crippen molar-refractivity contribution < 1.29 is 4.74 Å². The lowest BCUT2D eigenvalue weighted by molar-refractivity contribution is 0.162. The fraction of sp³-hybridized carbons (Fsp3) is 0.625. The van der Waals surface area contributed by atoms with Gasteiger partial charge in [-0.25, -0.2) is 0 Å². The largest absolute Gasteiger partial charge is 0.490 e. The third-order valence-electron chi connectivity index (χ3n) is 4.35. The normalized spacial score (nSPS) is 21.7. The van der Waals surface area contributed by atoms with Crippen molar-refractivity contribution in [3.05, 3.63) is 28.8 Å². The molecule has 1 heterocycles. The lowest BCUT2D eigenvalue weighted by atomic mass is 9.97. The van der Waals surface area contributed by atoms with Crippen LogP contribution in [0.15, 0.2) is 18.2 Å². The minimum Gasteiger partial charge on any atom is -0.490 e. The van der Waals surface area contributed by atoms with Crippen molar-refractivity contribution in [2.75, 3.05) is 13.1 Å². The predicted octanol–water partition coefficient (Wildman–Crippen LogP) is 4.13. The van der Waals surface area contributed by atoms with Gasteiger partial charge >= 0.3 is 0 Å². The number of rotatable bonds is 3. The van der Waals surface area contributed by atoms with E-state index >= 15 is 0 Å². The Labute approximate surface area is 120 Å². The number of nitrogens with one attached hydrogen (secondary N) is 1. The molecule has 1 aliphatic carbocycles. The lowest BCUT2D eigenvalue weighted by Gasteiger charge is -2.24. The van der Waals surface area contributed by atoms with E-state index in [0.717, 1.165) is 36.7 Å². The zero-order chi connectivity index (χ0) is 13.1. The van der Waals surface area contributed by atoms with Crippen LogP contribution in [0.1, 0.15) is 50.0 Å². The monoisotopic (exact) mass is 279 g/mol. The van der Waals surface area contributed by atoms with Gasteiger partial charge < -0.3 is 10.1 Å². The molecule has 1 aliphatic heterocycles. The number of piperidine rings is 1. The third kappa shape index (κ3) is 3.24. The molecule has 0 atom stereocenters. The van der Waals surface area contributed by atoms with Gasteiger partial charge in [0.1, 0.15) is 11.9 Å². The first kappa shape index (κ1) is 13.3. The van der Waals surface area contributed by atoms with Gasteiger partial charge in [0.15, 0.2) is 0 Å². The second kappa shape index (κ2) is 6.15. The molecule has 0 amide bonds. The van der Waals surface area contributed by atoms with Gasteiger partial charge in [-0.05, 0) is 68.5 Å². The van der Waals surface area contributed by atoms with Crippen molar-refractivity contribution in [2.45, 2.75) is 50.5 Å². The Morgan fingerprint density at radius 1 is 1.05 bits per heavy atom. The van der Waals surface area contributed by atoms with E-state index in [1.807, 2.05) is 12.1 Å². The molecule has 0 radical (unpaired) electrons. The van der Waals surface area contributed by atoms with Crippen LogP contribution in [0, 0.1) is 0 Å². The molecule has 2 nitrogen and oxygen atoms in total. The van der Waals surface area contributed by atoms with Crippen LogP contribution >= 0.6 is 11.6 Å². The topological polar surface area (TPSA) is 21.3 Å². The molecule has 1 aromatic rings. The van der Waals surface area contributed by atoms with Gasteiger partial charge in [-0.15, -0.1) is 0 Å². The van der Waals surface area contributed by atoms with E-state index in [9.17, 15) is 0 Å². The molecule has 0 bridgehead atoms. The molecule has 3 rings (SSSR count). The van der Waals surface area contributed by atoms with E-state index < -0.39 is 0 Å². The van der Waals surface area contributed by atoms with Crippen LogP contribution in [0.5, 0.6) is 5.75 Å². The van der Waals surface area contributed by atoms with Crippen LogP contribution in [-0.2, 0) is 0 Å². The summed E-state index contributed by atoms with van der Waals surface area (Å²) < 4.78 is 6.11. The Balaban J connectivity index is 1.72. The minimum absolute atomic E-state index is 0.360. The Kier molecular flexibility index (Phi) is 4.29. The Morgan fingerprint density at radius 3 is 2.53 bits per heavy atom. The van der Waals surface area contributed by atoms with Crippen molar-refractivity contribution in [2.24, 2.45) is 0 Å². The number of ether oxygens (including phenoxy) is 1. The number of hydrogen-bond acceptors (Lipinski definition) is 2. The molecule has 0 aromatic heterocycles. The highest BCUT2D eigenvalue weighted by Gasteiger charge is 2.21. The summed E-state index contributed by atoms with van der Waals surface area (Å²) in [6, 6.07) is 6.20. The fourth-order valence-corrected chi connectivity index (χ4v) is 3.52. The van der Waals surface area contributed by atoms with E-state index in [-0.39, 0.29) is 0 Å². The molecule has 2 fully saturated rings. The van der Waals surface area contributed by atoms with Gasteiger partial charge in [-0.1, -0.05) is 24.4 Å². The Morgan fingerprint density at radius 2 is 1.79 bits per heavy atom. The summed E-state index contributed by atoms with van der Waals surface area (Å²) in [5.74, 6) is 1.64. The highest BCUT2D eigenvalue weighted by molar-refractivity contribution is 6.31. The van der Waals surface area contributed by atoms with Gasteiger partial charge in [0.05, 0.1) is 0 Å². The van der Waals surface area contributed by atoms with Gasteiger partial charge in [0, 0.05) is 5.02 Å². The highest BCUT2D eigenvalue weighted by atomic mass is 35.5. The minimum atomic E-state index is 0.360. The number of hydrogen-bond donors (Lipinski definition) is 1. The fourth-order valence-electron chi connectivity index (χ4n) is 3.25. The first-order valence-electron chi connectivity index (χ1n) is 7.50. The van der Waals surface area contributed by atoms with E-state index in [1.165, 1.54) is 31.2 Å². The van der Waals surface area contributed by atoms with Crippen molar-refractivity contribution in [3.8, 4) is 5.75 Å². The summed E-state index contributed by atoms with van der Waals surface area (Å²) in [7, 11) is 0. The van der Waals surface area contributed by atoms with Gasteiger partial charge in [0.25, 0.3) is 0 Å². The average Bonchev–Trinajstić information content (AvgIpc) is 2.96. The molecular formula is C16H22ClNO. The maximum absolute atomic E-state index is 6.35. The van der Waals surface area contributed by atoms with E-state index in [4.69, 9.17) is 16.3 Å². The van der Waals surface area contributed by atoms with Crippen molar-refractivity contribution >= 4 is 11.6 Å². The molecule has 0 spiro atoms. The smallest absolute Gasteiger partial charge is 0.120 e. The van der Waals surface area contributed by atoms with E-state index in [0.29, 0.717) is 12.0 Å². The predicted molar refractivity (Wildman–Crippen MR) is 79.2 cm³/mol. The molecule has 104 valence electrons. The quantitative estimate of drug-likeness (QED) is 0.898. The third-order valence-corrected chi connectivity index (χ3v) is 4.70. The SMILES string of the molecule is Clc1ccc(OC2CCNCC2)cc1C1CCCC1. The second-order valence-corrected chi connectivity index (χ2v) is 6.14. The van der Waals surface area contributed by atoms with Gasteiger partial charge in [-0.3, -0.25) is 0 Å². The Hall–Kier alpha value is -0.730. The van der Waals surface area contributed by atoms with Gasteiger partial charge in [-0.2, -0.15) is 0 Å². The standard InChI is InChI=1S/C16H22ClNO/c17-16-6-5-14(19-13-7-9-18-10-8-13)11-15(16)12-3-1-2-4-12/h5-6,11-13,18H,1-4,7-10H2. The summed E-state index contributed by atoms with van der Waals surface area (Å²) in [6.07, 6.45) is 7.77. The molecule has 1 N–H and O–H groups in total. The van der Waals surface area contributed by atoms with Crippen LogP contribution in [0.2, 0.25) is 5.02 Å². The molecule has 1 aromatic carbocycles. The number of benzene rings is 1. The van der Waals surface area contributed by atoms with Crippen LogP contribution in [0.4, 0.5) is 0 Å². The van der Waals surface area contributed by atoms with Crippen molar-refractivity contribution in [1.29, 1.82) is 0 Å². The summed E-state index contributed by atoms with van der Waals surface area (Å²) in [4.78, 5) is 0. The van der Waals surface area contributed by atoms with Crippen molar-refractivity contribution in [3.63, 3.8) is 0 Å². The maximum atomic E-state index is 6.35. The molecule has 3 heteroatoms. The summed E-state index contributed by atoms with van der Waals surface area (Å²) in [5, 5.41) is 4.27. The first-order chi connectivity index (χ1) is 9.33. The second-order valence-electron chi connectivity index (χ2n) is 5.73. The van der Waals surface area contributed by atoms with E-state index in [1.54, 1.807) is 0 Å². The molecule has 2 aliphatic rings. The zero-order valence-electron chi connectivity index (χ0n) is 11.3. The summed E-state index contributed by atoms with van der Waals surface area (Å²) in [5.41, 5.74) is 1.30. The van der Waals surface area contributed by atoms with Crippen LogP contribution in [-0.4, -0.2) is 19.2 Å². The van der Waals surface area contributed by atoms with Crippen LogP contribution in [0.3, 0.4) is 0 Å². The first-order valence-corrected chi connectivity index (χ1v) is 7.87. The summed E-state index contributed by atoms with van der Waals surface area (Å²) >= 11 is 6.35. The van der Waals surface area contributed by atoms with Crippen LogP contribution < -0.4 is 10.1 Å². The molecule has 1 saturated heterocycles. The van der Waals surface area contributed by atoms with E-state index in [2.05, 4.69) is 11.4 Å².